The van der Waals surface area contributed by atoms with Gasteiger partial charge < -0.3 is 4.74 Å². The molecule has 0 aromatic carbocycles. The number of hydrogen-bond acceptors (Lipinski definition) is 3. The number of hydrogen-bond donors (Lipinski definition) is 0. The lowest BCUT2D eigenvalue weighted by molar-refractivity contribution is -0.143. The largest absolute Gasteiger partial charge is 0.465 e. The van der Waals surface area contributed by atoms with Crippen molar-refractivity contribution in [2.75, 3.05) is 6.61 Å². The molecule has 5 heteroatoms. The Labute approximate surface area is 93.6 Å². The van der Waals surface area contributed by atoms with E-state index in [0.29, 0.717) is 6.61 Å². The van der Waals surface area contributed by atoms with Crippen LogP contribution in [-0.4, -0.2) is 37.9 Å². The van der Waals surface area contributed by atoms with E-state index in [9.17, 15) is 9.00 Å². The highest BCUT2D eigenvalue weighted by atomic mass is 32.2. The molecule has 0 N–H and O–H groups in total. The highest BCUT2D eigenvalue weighted by Gasteiger charge is 2.56. The topological polar surface area (TPSA) is 46.4 Å². The zero-order valence-corrected chi connectivity index (χ0v) is 10.8. The van der Waals surface area contributed by atoms with Crippen LogP contribution in [0.2, 0.25) is 0 Å². The first-order valence-electron chi connectivity index (χ1n) is 5.17. The minimum absolute atomic E-state index is 0.0316. The van der Waals surface area contributed by atoms with Crippen LogP contribution in [0.3, 0.4) is 0 Å². The van der Waals surface area contributed by atoms with Gasteiger partial charge in [-0.05, 0) is 34.6 Å². The maximum Gasteiger partial charge on any atom is 0.326 e. The van der Waals surface area contributed by atoms with Crippen molar-refractivity contribution in [3.05, 3.63) is 0 Å². The van der Waals surface area contributed by atoms with Gasteiger partial charge in [0.15, 0.2) is 0 Å². The summed E-state index contributed by atoms with van der Waals surface area (Å²) in [5.41, 5.74) is 0. The Morgan fingerprint density at radius 3 is 2.40 bits per heavy atom. The second kappa shape index (κ2) is 4.22. The third-order valence-corrected chi connectivity index (χ3v) is 4.28. The maximum absolute atomic E-state index is 12.0. The van der Waals surface area contributed by atoms with E-state index < -0.39 is 11.0 Å². The van der Waals surface area contributed by atoms with Crippen molar-refractivity contribution < 1.29 is 13.7 Å². The van der Waals surface area contributed by atoms with Gasteiger partial charge in [-0.15, -0.1) is 0 Å². The van der Waals surface area contributed by atoms with Crippen molar-refractivity contribution >= 4 is 17.0 Å². The van der Waals surface area contributed by atoms with E-state index in [4.69, 9.17) is 4.74 Å². The van der Waals surface area contributed by atoms with Gasteiger partial charge in [0.25, 0.3) is 0 Å². The lowest BCUT2D eigenvalue weighted by Crippen LogP contribution is -2.30. The number of esters is 1. The Morgan fingerprint density at radius 1 is 1.47 bits per heavy atom. The molecule has 0 saturated carbocycles. The molecule has 0 radical (unpaired) electrons. The van der Waals surface area contributed by atoms with Crippen LogP contribution in [0, 0.1) is 0 Å². The fourth-order valence-electron chi connectivity index (χ4n) is 1.42. The number of carbonyl (C=O) groups excluding carboxylic acids is 1. The Balaban J connectivity index is 2.62. The van der Waals surface area contributed by atoms with Crippen LogP contribution in [0.15, 0.2) is 0 Å². The summed E-state index contributed by atoms with van der Waals surface area (Å²) < 4.78 is 18.3. The smallest absolute Gasteiger partial charge is 0.326 e. The summed E-state index contributed by atoms with van der Waals surface area (Å²) in [6.45, 7) is 9.74. The van der Waals surface area contributed by atoms with Gasteiger partial charge in [0, 0.05) is 6.04 Å². The summed E-state index contributed by atoms with van der Waals surface area (Å²) >= 11 is 0. The number of nitrogens with zero attached hydrogens (tertiary/aromatic N) is 1. The average molecular weight is 233 g/mol. The first kappa shape index (κ1) is 12.6. The quantitative estimate of drug-likeness (QED) is 0.541. The molecule has 1 aliphatic rings. The lowest BCUT2D eigenvalue weighted by atomic mass is 10.3. The van der Waals surface area contributed by atoms with E-state index in [-0.39, 0.29) is 22.8 Å². The molecule has 0 aromatic heterocycles. The zero-order chi connectivity index (χ0) is 11.8. The van der Waals surface area contributed by atoms with Gasteiger partial charge in [-0.2, -0.15) is 0 Å². The van der Waals surface area contributed by atoms with Crippen molar-refractivity contribution in [3.63, 3.8) is 0 Å². The summed E-state index contributed by atoms with van der Waals surface area (Å²) in [4.78, 5) is 11.5. The number of rotatable bonds is 3. The molecular formula is C10H19NO3S. The van der Waals surface area contributed by atoms with Crippen molar-refractivity contribution in [1.29, 1.82) is 0 Å². The van der Waals surface area contributed by atoms with Crippen molar-refractivity contribution in [3.8, 4) is 0 Å². The van der Waals surface area contributed by atoms with E-state index in [0.717, 1.165) is 0 Å². The monoisotopic (exact) mass is 233 g/mol. The molecule has 88 valence electrons. The molecule has 1 rings (SSSR count). The Kier molecular flexibility index (Phi) is 3.55. The SMILES string of the molecule is CCOC(=O)[C@H]1[C@@H](C)N1[S@](=O)C(C)(C)C. The van der Waals surface area contributed by atoms with E-state index in [1.165, 1.54) is 0 Å². The predicted octanol–water partition coefficient (Wildman–Crippen LogP) is 1.08. The molecule has 4 atom stereocenters. The summed E-state index contributed by atoms with van der Waals surface area (Å²) in [5, 5.41) is 0. The molecule has 0 amide bonds. The molecule has 4 nitrogen and oxygen atoms in total. The molecule has 1 fully saturated rings. The summed E-state index contributed by atoms with van der Waals surface area (Å²) in [6.07, 6.45) is 0. The van der Waals surface area contributed by atoms with Crippen LogP contribution in [0.25, 0.3) is 0 Å². The molecule has 1 saturated heterocycles. The molecule has 0 spiro atoms. The molecule has 1 aliphatic heterocycles. The summed E-state index contributed by atoms with van der Waals surface area (Å²) in [7, 11) is -1.13. The van der Waals surface area contributed by atoms with Gasteiger partial charge in [-0.3, -0.25) is 4.79 Å². The van der Waals surface area contributed by atoms with Crippen LogP contribution in [0.4, 0.5) is 0 Å². The lowest BCUT2D eigenvalue weighted by Gasteiger charge is -2.18. The second-order valence-corrected chi connectivity index (χ2v) is 6.80. The molecule has 1 unspecified atom stereocenters. The summed E-state index contributed by atoms with van der Waals surface area (Å²) in [6, 6.07) is -0.283. The van der Waals surface area contributed by atoms with E-state index >= 15 is 0 Å². The molecule has 15 heavy (non-hydrogen) atoms. The highest BCUT2D eigenvalue weighted by Crippen LogP contribution is 2.35. The molecule has 0 bridgehead atoms. The average Bonchev–Trinajstić information content (AvgIpc) is 2.74. The molecule has 0 aromatic rings. The zero-order valence-electron chi connectivity index (χ0n) is 9.94. The highest BCUT2D eigenvalue weighted by molar-refractivity contribution is 7.84. The number of carbonyl (C=O) groups is 1. The molecular weight excluding hydrogens is 214 g/mol. The fourth-order valence-corrected chi connectivity index (χ4v) is 2.88. The van der Waals surface area contributed by atoms with E-state index in [2.05, 4.69) is 0 Å². The van der Waals surface area contributed by atoms with Gasteiger partial charge in [0.05, 0.1) is 11.4 Å². The summed E-state index contributed by atoms with van der Waals surface area (Å²) in [5.74, 6) is -0.261. The van der Waals surface area contributed by atoms with Gasteiger partial charge in [-0.25, -0.2) is 8.51 Å². The standard InChI is InChI=1S/C10H19NO3S/c1-6-14-9(12)8-7(2)11(8)15(13)10(3,4)5/h7-8H,6H2,1-5H3/t7-,8-,11?,15-/m1/s1. The van der Waals surface area contributed by atoms with Gasteiger partial charge >= 0.3 is 5.97 Å². The van der Waals surface area contributed by atoms with Crippen LogP contribution in [0.1, 0.15) is 34.6 Å². The maximum atomic E-state index is 12.0. The minimum Gasteiger partial charge on any atom is -0.465 e. The number of ether oxygens (including phenoxy) is 1. The second-order valence-electron chi connectivity index (χ2n) is 4.66. The third kappa shape index (κ3) is 2.58. The molecule has 1 heterocycles. The van der Waals surface area contributed by atoms with Crippen molar-refractivity contribution in [2.24, 2.45) is 0 Å². The van der Waals surface area contributed by atoms with Crippen molar-refractivity contribution in [1.82, 2.24) is 4.31 Å². The van der Waals surface area contributed by atoms with Gasteiger partial charge in [0.1, 0.15) is 17.0 Å². The third-order valence-electron chi connectivity index (χ3n) is 2.29. The van der Waals surface area contributed by atoms with Crippen molar-refractivity contribution in [2.45, 2.75) is 51.4 Å². The Morgan fingerprint density at radius 2 is 2.00 bits per heavy atom. The van der Waals surface area contributed by atoms with Crippen LogP contribution in [0.5, 0.6) is 0 Å². The van der Waals surface area contributed by atoms with Crippen LogP contribution < -0.4 is 0 Å². The fraction of sp³-hybridized carbons (Fsp3) is 0.900. The van der Waals surface area contributed by atoms with E-state index in [1.54, 1.807) is 11.2 Å². The van der Waals surface area contributed by atoms with Crippen LogP contribution in [-0.2, 0) is 20.5 Å². The first-order chi connectivity index (χ1) is 6.80. The van der Waals surface area contributed by atoms with E-state index in [1.807, 2.05) is 27.7 Å². The van der Waals surface area contributed by atoms with Gasteiger partial charge in [0.2, 0.25) is 0 Å². The van der Waals surface area contributed by atoms with Crippen LogP contribution >= 0.6 is 0 Å². The Bertz CT molecular complexity index is 285. The van der Waals surface area contributed by atoms with Gasteiger partial charge in [-0.1, -0.05) is 0 Å². The predicted molar refractivity (Wildman–Crippen MR) is 59.6 cm³/mol. The molecule has 0 aliphatic carbocycles. The minimum atomic E-state index is -1.13. The first-order valence-corrected chi connectivity index (χ1v) is 6.28. The Hall–Kier alpha value is -0.420. The normalized spacial score (nSPS) is 32.2.